The summed E-state index contributed by atoms with van der Waals surface area (Å²) in [5, 5.41) is 9.86. The lowest BCUT2D eigenvalue weighted by Crippen LogP contribution is -2.04. The maximum absolute atomic E-state index is 9.66. The molecule has 3 heteroatoms. The van der Waals surface area contributed by atoms with E-state index in [1.54, 1.807) is 6.07 Å². The number of para-hydroxylation sites is 1. The minimum absolute atomic E-state index is 0.194. The monoisotopic (exact) mass is 260 g/mol. The van der Waals surface area contributed by atoms with Gasteiger partial charge < -0.3 is 5.11 Å². The Morgan fingerprint density at radius 1 is 1.06 bits per heavy atom. The van der Waals surface area contributed by atoms with Crippen molar-refractivity contribution in [2.45, 2.75) is 38.0 Å². The van der Waals surface area contributed by atoms with Gasteiger partial charge in [0.15, 0.2) is 0 Å². The van der Waals surface area contributed by atoms with Crippen LogP contribution in [0.5, 0.6) is 5.75 Å². The van der Waals surface area contributed by atoms with Crippen LogP contribution in [0, 0.1) is 0 Å². The Hall–Kier alpha value is -0.400. The molecule has 0 heterocycles. The van der Waals surface area contributed by atoms with Crippen molar-refractivity contribution in [1.29, 1.82) is 0 Å². The van der Waals surface area contributed by atoms with Gasteiger partial charge in [0.1, 0.15) is 5.75 Å². The molecule has 90 valence electrons. The topological polar surface area (TPSA) is 20.2 Å². The molecule has 1 aromatic rings. The predicted octanol–water partition coefficient (Wildman–Crippen LogP) is 4.86. The van der Waals surface area contributed by atoms with Gasteiger partial charge >= 0.3 is 0 Å². The minimum Gasteiger partial charge on any atom is -0.508 e. The SMILES string of the molecule is ClCCl.Oc1ccccc1C1CCCCC1. The number of hydrogen-bond acceptors (Lipinski definition) is 1. The van der Waals surface area contributed by atoms with Gasteiger partial charge in [-0.15, -0.1) is 23.2 Å². The second kappa shape index (κ2) is 7.81. The summed E-state index contributed by atoms with van der Waals surface area (Å²) in [4.78, 5) is 0. The summed E-state index contributed by atoms with van der Waals surface area (Å²) in [6, 6.07) is 7.76. The van der Waals surface area contributed by atoms with Gasteiger partial charge in [0.25, 0.3) is 0 Å². The molecule has 0 bridgehead atoms. The maximum Gasteiger partial charge on any atom is 0.119 e. The number of hydrogen-bond donors (Lipinski definition) is 1. The van der Waals surface area contributed by atoms with Crippen LogP contribution in [0.3, 0.4) is 0 Å². The van der Waals surface area contributed by atoms with Crippen LogP contribution in [0.1, 0.15) is 43.6 Å². The van der Waals surface area contributed by atoms with E-state index in [2.05, 4.69) is 6.07 Å². The molecule has 0 spiro atoms. The van der Waals surface area contributed by atoms with E-state index in [1.165, 1.54) is 32.1 Å². The smallest absolute Gasteiger partial charge is 0.119 e. The summed E-state index contributed by atoms with van der Waals surface area (Å²) < 4.78 is 0. The van der Waals surface area contributed by atoms with E-state index >= 15 is 0 Å². The van der Waals surface area contributed by atoms with Crippen molar-refractivity contribution >= 4 is 23.2 Å². The predicted molar refractivity (Wildman–Crippen MR) is 70.5 cm³/mol. The molecule has 1 nitrogen and oxygen atoms in total. The zero-order chi connectivity index (χ0) is 11.8. The van der Waals surface area contributed by atoms with Gasteiger partial charge in [-0.1, -0.05) is 37.5 Å². The average molecular weight is 261 g/mol. The molecule has 0 atom stereocenters. The highest BCUT2D eigenvalue weighted by molar-refractivity contribution is 6.40. The molecule has 1 saturated carbocycles. The van der Waals surface area contributed by atoms with Crippen molar-refractivity contribution in [1.82, 2.24) is 0 Å². The highest BCUT2D eigenvalue weighted by Crippen LogP contribution is 2.36. The largest absolute Gasteiger partial charge is 0.508 e. The zero-order valence-corrected chi connectivity index (χ0v) is 10.8. The normalized spacial score (nSPS) is 16.4. The van der Waals surface area contributed by atoms with E-state index in [9.17, 15) is 5.11 Å². The number of alkyl halides is 2. The first-order valence-electron chi connectivity index (χ1n) is 5.69. The Balaban J connectivity index is 0.000000386. The van der Waals surface area contributed by atoms with Crippen LogP contribution in [-0.2, 0) is 0 Å². The first-order chi connectivity index (χ1) is 7.79. The maximum atomic E-state index is 9.66. The average Bonchev–Trinajstić information content (AvgIpc) is 2.32. The molecule has 0 aromatic heterocycles. The van der Waals surface area contributed by atoms with E-state index < -0.39 is 0 Å². The molecule has 1 aromatic carbocycles. The lowest BCUT2D eigenvalue weighted by Gasteiger charge is -2.22. The van der Waals surface area contributed by atoms with Crippen molar-refractivity contribution < 1.29 is 5.11 Å². The van der Waals surface area contributed by atoms with Crippen LogP contribution in [0.15, 0.2) is 24.3 Å². The molecule has 0 unspecified atom stereocenters. The molecule has 16 heavy (non-hydrogen) atoms. The van der Waals surface area contributed by atoms with Crippen molar-refractivity contribution in [3.63, 3.8) is 0 Å². The third-order valence-electron chi connectivity index (χ3n) is 2.98. The van der Waals surface area contributed by atoms with Gasteiger partial charge in [0.05, 0.1) is 5.34 Å². The summed E-state index contributed by atoms with van der Waals surface area (Å²) in [5.41, 5.74) is 1.15. The van der Waals surface area contributed by atoms with Gasteiger partial charge in [-0.05, 0) is 30.4 Å². The van der Waals surface area contributed by atoms with Crippen LogP contribution in [0.4, 0.5) is 0 Å². The number of phenolic OH excluding ortho intramolecular Hbond substituents is 1. The number of benzene rings is 1. The summed E-state index contributed by atoms with van der Waals surface area (Å²) in [5.74, 6) is 1.09. The second-order valence-corrected chi connectivity index (χ2v) is 4.80. The van der Waals surface area contributed by atoms with Crippen molar-refractivity contribution in [3.8, 4) is 5.75 Å². The highest BCUT2D eigenvalue weighted by atomic mass is 35.5. The number of halogens is 2. The van der Waals surface area contributed by atoms with Crippen molar-refractivity contribution in [3.05, 3.63) is 29.8 Å². The van der Waals surface area contributed by atoms with Crippen LogP contribution >= 0.6 is 23.2 Å². The van der Waals surface area contributed by atoms with Crippen molar-refractivity contribution in [2.24, 2.45) is 0 Å². The van der Waals surface area contributed by atoms with Crippen LogP contribution < -0.4 is 0 Å². The first kappa shape index (κ1) is 13.7. The van der Waals surface area contributed by atoms with Crippen molar-refractivity contribution in [2.75, 3.05) is 5.34 Å². The zero-order valence-electron chi connectivity index (χ0n) is 9.33. The third-order valence-corrected chi connectivity index (χ3v) is 2.98. The standard InChI is InChI=1S/C12H16O.CH2Cl2/c13-12-9-5-4-8-11(12)10-6-2-1-3-7-10;2-1-3/h4-5,8-10,13H,1-3,6-7H2;1H2. The van der Waals surface area contributed by atoms with Crippen LogP contribution in [-0.4, -0.2) is 10.4 Å². The molecule has 0 amide bonds. The van der Waals surface area contributed by atoms with Gasteiger partial charge in [-0.25, -0.2) is 0 Å². The Morgan fingerprint density at radius 2 is 1.62 bits per heavy atom. The van der Waals surface area contributed by atoms with Gasteiger partial charge in [0, 0.05) is 0 Å². The lowest BCUT2D eigenvalue weighted by atomic mass is 9.84. The second-order valence-electron chi connectivity index (χ2n) is 3.99. The number of rotatable bonds is 1. The quantitative estimate of drug-likeness (QED) is 0.715. The van der Waals surface area contributed by atoms with E-state index in [1.807, 2.05) is 12.1 Å². The summed E-state index contributed by atoms with van der Waals surface area (Å²) in [6.07, 6.45) is 6.50. The Labute approximate surface area is 107 Å². The molecule has 1 N–H and O–H groups in total. The number of aromatic hydroxyl groups is 1. The Morgan fingerprint density at radius 3 is 2.19 bits per heavy atom. The fraction of sp³-hybridized carbons (Fsp3) is 0.538. The minimum atomic E-state index is 0.194. The summed E-state index contributed by atoms with van der Waals surface area (Å²) in [6.45, 7) is 0. The molecule has 2 rings (SSSR count). The van der Waals surface area contributed by atoms with Crippen LogP contribution in [0.2, 0.25) is 0 Å². The molecule has 1 fully saturated rings. The highest BCUT2D eigenvalue weighted by Gasteiger charge is 2.17. The van der Waals surface area contributed by atoms with Crippen LogP contribution in [0.25, 0.3) is 0 Å². The van der Waals surface area contributed by atoms with Gasteiger partial charge in [0.2, 0.25) is 0 Å². The van der Waals surface area contributed by atoms with E-state index in [0.717, 1.165) is 5.56 Å². The first-order valence-corrected chi connectivity index (χ1v) is 6.76. The van der Waals surface area contributed by atoms with Gasteiger partial charge in [-0.3, -0.25) is 0 Å². The fourth-order valence-electron chi connectivity index (χ4n) is 2.25. The lowest BCUT2D eigenvalue weighted by molar-refractivity contribution is 0.414. The Bertz CT molecular complexity index is 296. The van der Waals surface area contributed by atoms with E-state index in [-0.39, 0.29) is 5.34 Å². The fourth-order valence-corrected chi connectivity index (χ4v) is 2.25. The summed E-state index contributed by atoms with van der Waals surface area (Å²) in [7, 11) is 0. The third kappa shape index (κ3) is 4.23. The molecular formula is C13H18Cl2O. The molecule has 0 radical (unpaired) electrons. The van der Waals surface area contributed by atoms with E-state index in [0.29, 0.717) is 11.7 Å². The van der Waals surface area contributed by atoms with Gasteiger partial charge in [-0.2, -0.15) is 0 Å². The Kier molecular flexibility index (Phi) is 6.67. The molecule has 1 aliphatic carbocycles. The number of phenols is 1. The molecular weight excluding hydrogens is 243 g/mol. The molecule has 0 saturated heterocycles. The van der Waals surface area contributed by atoms with E-state index in [4.69, 9.17) is 23.2 Å². The molecule has 1 aliphatic rings. The molecule has 0 aliphatic heterocycles. The summed E-state index contributed by atoms with van der Waals surface area (Å²) >= 11 is 9.53.